The van der Waals surface area contributed by atoms with E-state index < -0.39 is 5.97 Å². The Kier molecular flexibility index (Phi) is 4.49. The molecular formula is C16H18N2O3. The van der Waals surface area contributed by atoms with Gasteiger partial charge in [-0.05, 0) is 37.3 Å². The number of nitrogens with one attached hydrogen (secondary N) is 1. The fraction of sp³-hybridized carbons (Fsp3) is 0.375. The number of hydrogen-bond acceptors (Lipinski definition) is 2. The van der Waals surface area contributed by atoms with Gasteiger partial charge in [0.2, 0.25) is 0 Å². The highest BCUT2D eigenvalue weighted by Crippen LogP contribution is 2.30. The molecule has 0 heterocycles. The van der Waals surface area contributed by atoms with Crippen LogP contribution in [0.25, 0.3) is 0 Å². The molecule has 0 radical (unpaired) electrons. The fourth-order valence-electron chi connectivity index (χ4n) is 2.19. The Morgan fingerprint density at radius 1 is 1.48 bits per heavy atom. The van der Waals surface area contributed by atoms with Crippen LogP contribution in [0.2, 0.25) is 0 Å². The number of rotatable bonds is 5. The van der Waals surface area contributed by atoms with Crippen molar-refractivity contribution in [3.63, 3.8) is 0 Å². The summed E-state index contributed by atoms with van der Waals surface area (Å²) in [6.07, 6.45) is 7.51. The fourth-order valence-corrected chi connectivity index (χ4v) is 2.19. The monoisotopic (exact) mass is 286 g/mol. The van der Waals surface area contributed by atoms with Crippen molar-refractivity contribution in [3.05, 3.63) is 29.3 Å². The third kappa shape index (κ3) is 3.76. The molecule has 2 rings (SSSR count). The zero-order chi connectivity index (χ0) is 15.4. The molecule has 5 heteroatoms. The van der Waals surface area contributed by atoms with Gasteiger partial charge < -0.3 is 15.3 Å². The van der Waals surface area contributed by atoms with E-state index in [0.717, 1.165) is 12.8 Å². The second-order valence-corrected chi connectivity index (χ2v) is 5.26. The summed E-state index contributed by atoms with van der Waals surface area (Å²) < 4.78 is 0. The topological polar surface area (TPSA) is 69.6 Å². The number of carbonyl (C=O) groups excluding carboxylic acids is 1. The van der Waals surface area contributed by atoms with E-state index in [2.05, 4.69) is 11.2 Å². The lowest BCUT2D eigenvalue weighted by Gasteiger charge is -2.21. The number of terminal acetylenes is 1. The third-order valence-corrected chi connectivity index (χ3v) is 3.47. The lowest BCUT2D eigenvalue weighted by atomic mass is 10.1. The van der Waals surface area contributed by atoms with Gasteiger partial charge in [0, 0.05) is 6.54 Å². The summed E-state index contributed by atoms with van der Waals surface area (Å²) >= 11 is 0. The maximum Gasteiger partial charge on any atom is 0.338 e. The predicted molar refractivity (Wildman–Crippen MR) is 80.3 cm³/mol. The smallest absolute Gasteiger partial charge is 0.338 e. The van der Waals surface area contributed by atoms with Crippen LogP contribution in [0.1, 0.15) is 28.8 Å². The minimum atomic E-state index is -1.06. The summed E-state index contributed by atoms with van der Waals surface area (Å²) in [5, 5.41) is 11.9. The summed E-state index contributed by atoms with van der Waals surface area (Å²) in [5.74, 6) is 1.92. The highest BCUT2D eigenvalue weighted by molar-refractivity contribution is 6.01. The van der Waals surface area contributed by atoms with Crippen LogP contribution in [0.15, 0.2) is 18.2 Å². The molecule has 1 saturated carbocycles. The van der Waals surface area contributed by atoms with Gasteiger partial charge in [0.05, 0.1) is 17.8 Å². The lowest BCUT2D eigenvalue weighted by molar-refractivity contribution is 0.0697. The maximum atomic E-state index is 12.3. The Balaban J connectivity index is 2.16. The van der Waals surface area contributed by atoms with Gasteiger partial charge in [-0.2, -0.15) is 0 Å². The molecule has 1 aromatic rings. The lowest BCUT2D eigenvalue weighted by Crippen LogP contribution is -2.37. The van der Waals surface area contributed by atoms with E-state index >= 15 is 0 Å². The van der Waals surface area contributed by atoms with Crippen molar-refractivity contribution < 1.29 is 14.7 Å². The molecule has 1 aromatic carbocycles. The minimum Gasteiger partial charge on any atom is -0.478 e. The number of carboxylic acids is 1. The van der Waals surface area contributed by atoms with Gasteiger partial charge >= 0.3 is 12.0 Å². The molecule has 0 bridgehead atoms. The minimum absolute atomic E-state index is 0.109. The summed E-state index contributed by atoms with van der Waals surface area (Å²) in [6, 6.07) is 4.64. The van der Waals surface area contributed by atoms with Crippen LogP contribution in [0, 0.1) is 25.2 Å². The number of carbonyl (C=O) groups is 2. The number of urea groups is 1. The Hall–Kier alpha value is -2.48. The van der Waals surface area contributed by atoms with Crippen molar-refractivity contribution in [1.29, 1.82) is 0 Å². The zero-order valence-corrected chi connectivity index (χ0v) is 11.9. The van der Waals surface area contributed by atoms with E-state index in [9.17, 15) is 14.7 Å². The Bertz CT molecular complexity index is 600. The first-order valence-electron chi connectivity index (χ1n) is 6.85. The van der Waals surface area contributed by atoms with E-state index in [4.69, 9.17) is 6.42 Å². The van der Waals surface area contributed by atoms with E-state index in [1.54, 1.807) is 30.0 Å². The van der Waals surface area contributed by atoms with Crippen LogP contribution in [0.4, 0.5) is 10.5 Å². The summed E-state index contributed by atoms with van der Waals surface area (Å²) in [7, 11) is 0. The van der Waals surface area contributed by atoms with Crippen LogP contribution in [-0.2, 0) is 0 Å². The molecule has 1 aliphatic carbocycles. The summed E-state index contributed by atoms with van der Waals surface area (Å²) in [6.45, 7) is 2.53. The molecule has 0 aromatic heterocycles. The van der Waals surface area contributed by atoms with E-state index in [1.165, 1.54) is 0 Å². The molecule has 110 valence electrons. The van der Waals surface area contributed by atoms with Crippen molar-refractivity contribution >= 4 is 17.7 Å². The van der Waals surface area contributed by atoms with E-state index in [-0.39, 0.29) is 18.1 Å². The predicted octanol–water partition coefficient (Wildman–Crippen LogP) is 2.57. The molecule has 21 heavy (non-hydrogen) atoms. The quantitative estimate of drug-likeness (QED) is 0.817. The van der Waals surface area contributed by atoms with Gasteiger partial charge in [-0.15, -0.1) is 6.42 Å². The standard InChI is InChI=1S/C16H18N2O3/c1-3-9-18(10-12-7-8-12)16(21)17-13-6-4-5-11(2)14(13)15(19)20/h1,4-6,12H,7-10H2,2H3,(H,17,21)(H,19,20). The Morgan fingerprint density at radius 3 is 2.76 bits per heavy atom. The number of nitrogens with zero attached hydrogens (tertiary/aromatic N) is 1. The van der Waals surface area contributed by atoms with Crippen LogP contribution in [0.3, 0.4) is 0 Å². The van der Waals surface area contributed by atoms with Crippen LogP contribution < -0.4 is 5.32 Å². The van der Waals surface area contributed by atoms with Crippen molar-refractivity contribution in [1.82, 2.24) is 4.90 Å². The molecule has 2 amide bonds. The first kappa shape index (κ1) is 14.9. The molecule has 0 atom stereocenters. The third-order valence-electron chi connectivity index (χ3n) is 3.47. The largest absolute Gasteiger partial charge is 0.478 e. The number of aromatic carboxylic acids is 1. The number of benzene rings is 1. The Labute approximate surface area is 124 Å². The molecule has 0 saturated heterocycles. The number of carboxylic acid groups (broad SMARTS) is 1. The summed E-state index contributed by atoms with van der Waals surface area (Å²) in [5.41, 5.74) is 1.01. The van der Waals surface area contributed by atoms with Crippen LogP contribution >= 0.6 is 0 Å². The molecule has 0 unspecified atom stereocenters. The second kappa shape index (κ2) is 6.31. The maximum absolute atomic E-state index is 12.3. The van der Waals surface area contributed by atoms with E-state index in [0.29, 0.717) is 23.7 Å². The first-order valence-corrected chi connectivity index (χ1v) is 6.85. The number of anilines is 1. The van der Waals surface area contributed by atoms with Crippen molar-refractivity contribution in [2.45, 2.75) is 19.8 Å². The normalized spacial score (nSPS) is 13.3. The number of hydrogen-bond donors (Lipinski definition) is 2. The summed E-state index contributed by atoms with van der Waals surface area (Å²) in [4.78, 5) is 25.1. The van der Waals surface area contributed by atoms with Gasteiger partial charge in [0.25, 0.3) is 0 Å². The highest BCUT2D eigenvalue weighted by Gasteiger charge is 2.27. The van der Waals surface area contributed by atoms with Gasteiger partial charge in [-0.3, -0.25) is 0 Å². The SMILES string of the molecule is C#CCN(CC1CC1)C(=O)Nc1cccc(C)c1C(=O)O. The van der Waals surface area contributed by atoms with Gasteiger partial charge in [-0.1, -0.05) is 18.1 Å². The molecule has 0 spiro atoms. The highest BCUT2D eigenvalue weighted by atomic mass is 16.4. The average Bonchev–Trinajstić information content (AvgIpc) is 3.21. The van der Waals surface area contributed by atoms with Crippen molar-refractivity contribution in [3.8, 4) is 12.3 Å². The number of aryl methyl sites for hydroxylation is 1. The van der Waals surface area contributed by atoms with Crippen LogP contribution in [0.5, 0.6) is 0 Å². The van der Waals surface area contributed by atoms with Gasteiger partial charge in [0.1, 0.15) is 0 Å². The number of amides is 2. The van der Waals surface area contributed by atoms with Crippen molar-refractivity contribution in [2.75, 3.05) is 18.4 Å². The Morgan fingerprint density at radius 2 is 2.19 bits per heavy atom. The van der Waals surface area contributed by atoms with E-state index in [1.807, 2.05) is 0 Å². The molecule has 2 N–H and O–H groups in total. The van der Waals surface area contributed by atoms with Gasteiger partial charge in [-0.25, -0.2) is 9.59 Å². The average molecular weight is 286 g/mol. The van der Waals surface area contributed by atoms with Gasteiger partial charge in [0.15, 0.2) is 0 Å². The molecule has 5 nitrogen and oxygen atoms in total. The molecule has 1 aliphatic rings. The van der Waals surface area contributed by atoms with Crippen LogP contribution in [-0.4, -0.2) is 35.1 Å². The first-order chi connectivity index (χ1) is 10.0. The zero-order valence-electron chi connectivity index (χ0n) is 11.9. The second-order valence-electron chi connectivity index (χ2n) is 5.26. The molecular weight excluding hydrogens is 268 g/mol. The molecule has 1 fully saturated rings. The molecule has 0 aliphatic heterocycles. The van der Waals surface area contributed by atoms with Crippen molar-refractivity contribution in [2.24, 2.45) is 5.92 Å².